The van der Waals surface area contributed by atoms with Crippen LogP contribution in [0, 0.1) is 0 Å². The Bertz CT molecular complexity index is 1160. The molecule has 28 heavy (non-hydrogen) atoms. The summed E-state index contributed by atoms with van der Waals surface area (Å²) >= 11 is 0. The highest BCUT2D eigenvalue weighted by Gasteiger charge is 2.24. The Kier molecular flexibility index (Phi) is 4.17. The summed E-state index contributed by atoms with van der Waals surface area (Å²) in [6, 6.07) is 24.3. The van der Waals surface area contributed by atoms with Crippen LogP contribution in [0.25, 0.3) is 16.5 Å². The molecule has 0 radical (unpaired) electrons. The number of anilines is 1. The van der Waals surface area contributed by atoms with E-state index in [1.54, 1.807) is 0 Å². The van der Waals surface area contributed by atoms with Gasteiger partial charge in [-0.25, -0.2) is 4.68 Å². The number of nitrogens with zero attached hydrogens (tertiary/aromatic N) is 2. The Balaban J connectivity index is 1.47. The van der Waals surface area contributed by atoms with Crippen molar-refractivity contribution in [2.75, 3.05) is 5.32 Å². The largest absolute Gasteiger partial charge is 0.310 e. The lowest BCUT2D eigenvalue weighted by Gasteiger charge is -2.12. The average molecular weight is 367 g/mol. The molecule has 3 aromatic carbocycles. The fourth-order valence-corrected chi connectivity index (χ4v) is 4.07. The number of carbonyl (C=O) groups is 1. The summed E-state index contributed by atoms with van der Waals surface area (Å²) in [7, 11) is 0. The summed E-state index contributed by atoms with van der Waals surface area (Å²) in [4.78, 5) is 13.0. The number of rotatable bonds is 4. The zero-order chi connectivity index (χ0) is 18.9. The predicted molar refractivity (Wildman–Crippen MR) is 112 cm³/mol. The smallest absolute Gasteiger partial charge is 0.229 e. The standard InChI is InChI=1S/C24H21N3O/c28-23(16-18-10-6-9-17-8-4-5-13-20(17)18)25-24-21-14-7-15-22(21)26-27(24)19-11-2-1-3-12-19/h1-6,8-13H,7,14-16H2,(H,25,28). The van der Waals surface area contributed by atoms with Crippen molar-refractivity contribution in [1.29, 1.82) is 0 Å². The van der Waals surface area contributed by atoms with Crippen molar-refractivity contribution < 1.29 is 4.79 Å². The van der Waals surface area contributed by atoms with Crippen molar-refractivity contribution in [2.45, 2.75) is 25.7 Å². The van der Waals surface area contributed by atoms with Gasteiger partial charge in [-0.2, -0.15) is 5.10 Å². The fourth-order valence-electron chi connectivity index (χ4n) is 4.07. The van der Waals surface area contributed by atoms with Crippen LogP contribution in [-0.4, -0.2) is 15.7 Å². The molecule has 0 bridgehead atoms. The Morgan fingerprint density at radius 3 is 2.61 bits per heavy atom. The maximum atomic E-state index is 13.0. The molecular weight excluding hydrogens is 346 g/mol. The SMILES string of the molecule is O=C(Cc1cccc2ccccc12)Nc1c2c(nn1-c1ccccc1)CCC2. The van der Waals surface area contributed by atoms with Crippen molar-refractivity contribution >= 4 is 22.5 Å². The minimum atomic E-state index is -0.0110. The molecule has 1 amide bonds. The van der Waals surface area contributed by atoms with Gasteiger partial charge in [-0.1, -0.05) is 60.7 Å². The molecule has 1 aromatic heterocycles. The lowest BCUT2D eigenvalue weighted by Crippen LogP contribution is -2.18. The van der Waals surface area contributed by atoms with Crippen LogP contribution in [0.5, 0.6) is 0 Å². The molecule has 0 fully saturated rings. The van der Waals surface area contributed by atoms with Gasteiger partial charge in [0.25, 0.3) is 0 Å². The quantitative estimate of drug-likeness (QED) is 0.568. The maximum absolute atomic E-state index is 13.0. The van der Waals surface area contributed by atoms with Crippen molar-refractivity contribution in [3.63, 3.8) is 0 Å². The van der Waals surface area contributed by atoms with Gasteiger partial charge in [0.05, 0.1) is 17.8 Å². The van der Waals surface area contributed by atoms with Gasteiger partial charge in [0.2, 0.25) is 5.91 Å². The second kappa shape index (κ2) is 6.97. The number of hydrogen-bond acceptors (Lipinski definition) is 2. The first kappa shape index (κ1) is 16.8. The number of benzene rings is 3. The van der Waals surface area contributed by atoms with E-state index in [2.05, 4.69) is 23.5 Å². The zero-order valence-electron chi connectivity index (χ0n) is 15.6. The summed E-state index contributed by atoms with van der Waals surface area (Å²) < 4.78 is 1.88. The summed E-state index contributed by atoms with van der Waals surface area (Å²) in [6.07, 6.45) is 3.38. The molecule has 5 rings (SSSR count). The second-order valence-corrected chi connectivity index (χ2v) is 7.24. The minimum Gasteiger partial charge on any atom is -0.310 e. The first-order valence-electron chi connectivity index (χ1n) is 9.72. The van der Waals surface area contributed by atoms with Gasteiger partial charge in [-0.3, -0.25) is 4.79 Å². The molecule has 0 aliphatic heterocycles. The lowest BCUT2D eigenvalue weighted by atomic mass is 10.0. The topological polar surface area (TPSA) is 46.9 Å². The van der Waals surface area contributed by atoms with Crippen LogP contribution in [-0.2, 0) is 24.1 Å². The molecule has 4 nitrogen and oxygen atoms in total. The molecule has 1 aliphatic rings. The van der Waals surface area contributed by atoms with E-state index in [1.165, 1.54) is 5.56 Å². The summed E-state index contributed by atoms with van der Waals surface area (Å²) in [5.74, 6) is 0.812. The molecule has 138 valence electrons. The Labute approximate surface area is 163 Å². The highest BCUT2D eigenvalue weighted by molar-refractivity contribution is 5.96. The number of aromatic nitrogens is 2. The number of para-hydroxylation sites is 1. The molecular formula is C24H21N3O. The van der Waals surface area contributed by atoms with Crippen molar-refractivity contribution in [3.8, 4) is 5.69 Å². The highest BCUT2D eigenvalue weighted by Crippen LogP contribution is 2.31. The van der Waals surface area contributed by atoms with Crippen LogP contribution in [0.3, 0.4) is 0 Å². The third-order valence-electron chi connectivity index (χ3n) is 5.40. The van der Waals surface area contributed by atoms with Gasteiger partial charge in [-0.05, 0) is 47.7 Å². The highest BCUT2D eigenvalue weighted by atomic mass is 16.1. The molecule has 4 heteroatoms. The molecule has 0 saturated heterocycles. The zero-order valence-corrected chi connectivity index (χ0v) is 15.6. The Hall–Kier alpha value is -3.40. The minimum absolute atomic E-state index is 0.0110. The fraction of sp³-hybridized carbons (Fsp3) is 0.167. The summed E-state index contributed by atoms with van der Waals surface area (Å²) in [5, 5.41) is 10.2. The summed E-state index contributed by atoms with van der Waals surface area (Å²) in [6.45, 7) is 0. The van der Waals surface area contributed by atoms with E-state index in [0.717, 1.165) is 52.8 Å². The molecule has 0 atom stereocenters. The molecule has 0 spiro atoms. The summed E-state index contributed by atoms with van der Waals surface area (Å²) in [5.41, 5.74) is 4.29. The van der Waals surface area contributed by atoms with Crippen molar-refractivity contribution in [1.82, 2.24) is 9.78 Å². The monoisotopic (exact) mass is 367 g/mol. The first-order chi connectivity index (χ1) is 13.8. The number of hydrogen-bond donors (Lipinski definition) is 1. The average Bonchev–Trinajstić information content (AvgIpc) is 3.32. The van der Waals surface area contributed by atoms with Gasteiger partial charge in [0, 0.05) is 5.56 Å². The Morgan fingerprint density at radius 2 is 1.71 bits per heavy atom. The van der Waals surface area contributed by atoms with E-state index in [0.29, 0.717) is 6.42 Å². The molecule has 0 saturated carbocycles. The number of amides is 1. The lowest BCUT2D eigenvalue weighted by molar-refractivity contribution is -0.115. The number of carbonyl (C=O) groups excluding carboxylic acids is 1. The molecule has 4 aromatic rings. The van der Waals surface area contributed by atoms with E-state index in [1.807, 2.05) is 59.3 Å². The van der Waals surface area contributed by atoms with Gasteiger partial charge in [0.15, 0.2) is 0 Å². The van der Waals surface area contributed by atoms with Crippen LogP contribution in [0.15, 0.2) is 72.8 Å². The van der Waals surface area contributed by atoms with E-state index in [-0.39, 0.29) is 5.91 Å². The van der Waals surface area contributed by atoms with Crippen LogP contribution >= 0.6 is 0 Å². The third-order valence-corrected chi connectivity index (χ3v) is 5.40. The van der Waals surface area contributed by atoms with E-state index in [9.17, 15) is 4.79 Å². The van der Waals surface area contributed by atoms with Gasteiger partial charge in [-0.15, -0.1) is 0 Å². The van der Waals surface area contributed by atoms with Crippen molar-refractivity contribution in [2.24, 2.45) is 0 Å². The molecule has 1 heterocycles. The van der Waals surface area contributed by atoms with Crippen LogP contribution < -0.4 is 5.32 Å². The van der Waals surface area contributed by atoms with Crippen LogP contribution in [0.4, 0.5) is 5.82 Å². The van der Waals surface area contributed by atoms with E-state index in [4.69, 9.17) is 5.10 Å². The van der Waals surface area contributed by atoms with Gasteiger partial charge >= 0.3 is 0 Å². The molecule has 0 unspecified atom stereocenters. The Morgan fingerprint density at radius 1 is 0.929 bits per heavy atom. The predicted octanol–water partition coefficient (Wildman–Crippen LogP) is 4.70. The van der Waals surface area contributed by atoms with E-state index < -0.39 is 0 Å². The van der Waals surface area contributed by atoms with Gasteiger partial charge in [0.1, 0.15) is 5.82 Å². The van der Waals surface area contributed by atoms with Crippen molar-refractivity contribution in [3.05, 3.63) is 89.6 Å². The first-order valence-corrected chi connectivity index (χ1v) is 9.72. The van der Waals surface area contributed by atoms with Crippen LogP contribution in [0.1, 0.15) is 23.2 Å². The number of aryl methyl sites for hydroxylation is 1. The molecule has 1 aliphatic carbocycles. The van der Waals surface area contributed by atoms with Gasteiger partial charge < -0.3 is 5.32 Å². The second-order valence-electron chi connectivity index (χ2n) is 7.24. The number of nitrogens with one attached hydrogen (secondary N) is 1. The van der Waals surface area contributed by atoms with E-state index >= 15 is 0 Å². The molecule has 1 N–H and O–H groups in total. The number of fused-ring (bicyclic) bond motifs is 2. The third kappa shape index (κ3) is 2.97. The van der Waals surface area contributed by atoms with Crippen LogP contribution in [0.2, 0.25) is 0 Å². The maximum Gasteiger partial charge on any atom is 0.229 e. The normalized spacial score (nSPS) is 12.9.